The smallest absolute Gasteiger partial charge is 0.222 e. The Balaban J connectivity index is 2.06. The Hall–Kier alpha value is -1.04. The summed E-state index contributed by atoms with van der Waals surface area (Å²) in [6.07, 6.45) is 4.53. The van der Waals surface area contributed by atoms with Crippen LogP contribution in [0.25, 0.3) is 0 Å². The fourth-order valence-electron chi connectivity index (χ4n) is 2.16. The molecule has 1 aliphatic rings. The SMILES string of the molecule is CCSC1CCCC1Nc1nc(N)ncc1F. The monoisotopic (exact) mass is 256 g/mol. The number of hydrogen-bond acceptors (Lipinski definition) is 5. The maximum Gasteiger partial charge on any atom is 0.222 e. The minimum atomic E-state index is -0.439. The van der Waals surface area contributed by atoms with Crippen molar-refractivity contribution in [1.29, 1.82) is 0 Å². The molecular weight excluding hydrogens is 239 g/mol. The highest BCUT2D eigenvalue weighted by Crippen LogP contribution is 2.32. The number of nitrogens with two attached hydrogens (primary N) is 1. The Bertz CT molecular complexity index is 388. The van der Waals surface area contributed by atoms with Crippen LogP contribution >= 0.6 is 11.8 Å². The molecule has 3 N–H and O–H groups in total. The van der Waals surface area contributed by atoms with Gasteiger partial charge >= 0.3 is 0 Å². The highest BCUT2D eigenvalue weighted by molar-refractivity contribution is 7.99. The second-order valence-electron chi connectivity index (χ2n) is 4.10. The summed E-state index contributed by atoms with van der Waals surface area (Å²) in [5.74, 6) is 0.973. The molecule has 1 aliphatic carbocycles. The molecule has 94 valence electrons. The molecule has 0 radical (unpaired) electrons. The number of anilines is 2. The van der Waals surface area contributed by atoms with E-state index in [9.17, 15) is 4.39 Å². The molecule has 1 heterocycles. The second-order valence-corrected chi connectivity index (χ2v) is 5.62. The molecule has 2 unspecified atom stereocenters. The first-order valence-corrected chi connectivity index (χ1v) is 6.91. The van der Waals surface area contributed by atoms with Gasteiger partial charge in [-0.25, -0.2) is 9.37 Å². The number of rotatable bonds is 4. The van der Waals surface area contributed by atoms with E-state index < -0.39 is 5.82 Å². The first-order valence-electron chi connectivity index (χ1n) is 5.87. The maximum absolute atomic E-state index is 13.5. The van der Waals surface area contributed by atoms with Gasteiger partial charge in [-0.05, 0) is 18.6 Å². The zero-order chi connectivity index (χ0) is 12.3. The molecule has 2 rings (SSSR count). The van der Waals surface area contributed by atoms with Crippen LogP contribution < -0.4 is 11.1 Å². The minimum Gasteiger partial charge on any atom is -0.368 e. The van der Waals surface area contributed by atoms with Crippen LogP contribution in [0.2, 0.25) is 0 Å². The van der Waals surface area contributed by atoms with E-state index in [1.807, 2.05) is 11.8 Å². The highest BCUT2D eigenvalue weighted by atomic mass is 32.2. The average molecular weight is 256 g/mol. The van der Waals surface area contributed by atoms with Gasteiger partial charge in [0.15, 0.2) is 11.6 Å². The van der Waals surface area contributed by atoms with Crippen molar-refractivity contribution in [3.63, 3.8) is 0 Å². The summed E-state index contributed by atoms with van der Waals surface area (Å²) >= 11 is 1.92. The molecule has 1 saturated carbocycles. The highest BCUT2D eigenvalue weighted by Gasteiger charge is 2.28. The van der Waals surface area contributed by atoms with Gasteiger partial charge in [0.25, 0.3) is 0 Å². The molecule has 0 spiro atoms. The largest absolute Gasteiger partial charge is 0.368 e. The minimum absolute atomic E-state index is 0.103. The summed E-state index contributed by atoms with van der Waals surface area (Å²) in [5.41, 5.74) is 5.46. The lowest BCUT2D eigenvalue weighted by Crippen LogP contribution is -2.27. The van der Waals surface area contributed by atoms with Crippen LogP contribution in [0.15, 0.2) is 6.20 Å². The van der Waals surface area contributed by atoms with Gasteiger partial charge in [-0.3, -0.25) is 0 Å². The molecular formula is C11H17FN4S. The van der Waals surface area contributed by atoms with Crippen LogP contribution in [0.5, 0.6) is 0 Å². The predicted octanol–water partition coefficient (Wildman–Crippen LogP) is 2.28. The first-order chi connectivity index (χ1) is 8.20. The van der Waals surface area contributed by atoms with Gasteiger partial charge in [0.05, 0.1) is 6.20 Å². The quantitative estimate of drug-likeness (QED) is 0.865. The maximum atomic E-state index is 13.5. The Morgan fingerprint density at radius 2 is 2.41 bits per heavy atom. The predicted molar refractivity (Wildman–Crippen MR) is 69.6 cm³/mol. The van der Waals surface area contributed by atoms with Crippen molar-refractivity contribution in [3.8, 4) is 0 Å². The van der Waals surface area contributed by atoms with E-state index in [-0.39, 0.29) is 17.8 Å². The molecule has 17 heavy (non-hydrogen) atoms. The van der Waals surface area contributed by atoms with E-state index in [4.69, 9.17) is 5.73 Å². The van der Waals surface area contributed by atoms with E-state index in [0.29, 0.717) is 5.25 Å². The third-order valence-corrected chi connectivity index (χ3v) is 4.24. The summed E-state index contributed by atoms with van der Waals surface area (Å²) in [4.78, 5) is 7.52. The van der Waals surface area contributed by atoms with Crippen molar-refractivity contribution >= 4 is 23.5 Å². The van der Waals surface area contributed by atoms with Gasteiger partial charge in [-0.2, -0.15) is 16.7 Å². The summed E-state index contributed by atoms with van der Waals surface area (Å²) in [6, 6.07) is 0.281. The zero-order valence-electron chi connectivity index (χ0n) is 9.82. The van der Waals surface area contributed by atoms with Crippen LogP contribution in [0.3, 0.4) is 0 Å². The van der Waals surface area contributed by atoms with Gasteiger partial charge in [-0.1, -0.05) is 13.3 Å². The van der Waals surface area contributed by atoms with Gasteiger partial charge in [0, 0.05) is 11.3 Å². The molecule has 0 saturated heterocycles. The van der Waals surface area contributed by atoms with E-state index in [1.165, 1.54) is 12.8 Å². The van der Waals surface area contributed by atoms with Gasteiger partial charge in [-0.15, -0.1) is 0 Å². The lowest BCUT2D eigenvalue weighted by molar-refractivity contribution is 0.611. The molecule has 0 aromatic carbocycles. The Morgan fingerprint density at radius 1 is 1.59 bits per heavy atom. The lowest BCUT2D eigenvalue weighted by atomic mass is 10.2. The normalized spacial score (nSPS) is 23.9. The third kappa shape index (κ3) is 3.00. The molecule has 0 bridgehead atoms. The molecule has 6 heteroatoms. The zero-order valence-corrected chi connectivity index (χ0v) is 10.6. The summed E-state index contributed by atoms with van der Waals surface area (Å²) in [7, 11) is 0. The van der Waals surface area contributed by atoms with Crippen molar-refractivity contribution in [3.05, 3.63) is 12.0 Å². The lowest BCUT2D eigenvalue weighted by Gasteiger charge is -2.20. The van der Waals surface area contributed by atoms with E-state index in [0.717, 1.165) is 18.4 Å². The van der Waals surface area contributed by atoms with Crippen molar-refractivity contribution in [2.75, 3.05) is 16.8 Å². The molecule has 1 aromatic heterocycles. The van der Waals surface area contributed by atoms with Crippen LogP contribution in [-0.4, -0.2) is 27.0 Å². The Morgan fingerprint density at radius 3 is 3.18 bits per heavy atom. The average Bonchev–Trinajstić information content (AvgIpc) is 2.72. The van der Waals surface area contributed by atoms with E-state index in [1.54, 1.807) is 0 Å². The molecule has 0 amide bonds. The number of halogens is 1. The number of aromatic nitrogens is 2. The van der Waals surface area contributed by atoms with Crippen molar-refractivity contribution in [2.24, 2.45) is 0 Å². The van der Waals surface area contributed by atoms with Crippen LogP contribution in [0, 0.1) is 5.82 Å². The van der Waals surface area contributed by atoms with Crippen molar-refractivity contribution in [2.45, 2.75) is 37.5 Å². The first kappa shape index (κ1) is 12.4. The third-order valence-electron chi connectivity index (χ3n) is 2.92. The number of nitrogen functional groups attached to an aromatic ring is 1. The van der Waals surface area contributed by atoms with Gasteiger partial charge in [0.2, 0.25) is 5.95 Å². The Labute approximate surface area is 105 Å². The number of nitrogens with zero attached hydrogens (tertiary/aromatic N) is 2. The fraction of sp³-hybridized carbons (Fsp3) is 0.636. The summed E-state index contributed by atoms with van der Waals surface area (Å²) in [5, 5.41) is 3.70. The van der Waals surface area contributed by atoms with Crippen molar-refractivity contribution < 1.29 is 4.39 Å². The molecule has 1 aromatic rings. The Kier molecular flexibility index (Phi) is 4.04. The number of thioether (sulfide) groups is 1. The summed E-state index contributed by atoms with van der Waals surface area (Å²) < 4.78 is 13.5. The van der Waals surface area contributed by atoms with Gasteiger partial charge in [0.1, 0.15) is 0 Å². The van der Waals surface area contributed by atoms with Crippen LogP contribution in [0.4, 0.5) is 16.2 Å². The van der Waals surface area contributed by atoms with Gasteiger partial charge < -0.3 is 11.1 Å². The number of nitrogens with one attached hydrogen (secondary N) is 1. The molecule has 2 atom stereocenters. The number of hydrogen-bond donors (Lipinski definition) is 2. The van der Waals surface area contributed by atoms with Crippen LogP contribution in [-0.2, 0) is 0 Å². The second kappa shape index (κ2) is 5.53. The van der Waals surface area contributed by atoms with E-state index in [2.05, 4.69) is 22.2 Å². The van der Waals surface area contributed by atoms with Crippen LogP contribution in [0.1, 0.15) is 26.2 Å². The van der Waals surface area contributed by atoms with E-state index >= 15 is 0 Å². The topological polar surface area (TPSA) is 63.8 Å². The molecule has 1 fully saturated rings. The fourth-order valence-corrected chi connectivity index (χ4v) is 3.36. The molecule has 0 aliphatic heterocycles. The standard InChI is InChI=1S/C11H17FN4S/c1-2-17-9-5-3-4-8(9)15-10-7(12)6-14-11(13)16-10/h6,8-9H,2-5H2,1H3,(H3,13,14,15,16). The summed E-state index contributed by atoms with van der Waals surface area (Å²) in [6.45, 7) is 2.14. The molecule has 4 nitrogen and oxygen atoms in total. The van der Waals surface area contributed by atoms with Crippen molar-refractivity contribution in [1.82, 2.24) is 9.97 Å².